The van der Waals surface area contributed by atoms with E-state index in [-0.39, 0.29) is 48.1 Å². The standard InChI is InChI=1S/C49H52FN13O3/c50-42-19-35(56-43-11-13-46(64)58-49(43)65)5-10-41(42)31-14-17-59(18-15-31)37-6-8-38(9-7-37)62-24-34(23-54-62)44-28-63-48(33(20-51)22-55-63)47(57-44)32-4-12-45(53-21-32)60-26-39-29-66-30-40(27-60)61(39)25-36-3-1-2-16-52-36/h1-5,10,12,16,19,21-24,28,31,37-40,43,56H,6-9,11,13-15,17-18,25-27,29-30H2,(H,58,64,65). The number of hydrogen-bond acceptors (Lipinski definition) is 13. The van der Waals surface area contributed by atoms with Crippen LogP contribution in [0.25, 0.3) is 28.0 Å². The molecule has 2 bridgehead atoms. The molecule has 5 aliphatic rings. The number of nitriles is 1. The zero-order valence-corrected chi connectivity index (χ0v) is 36.7. The molecule has 2 N–H and O–H groups in total. The zero-order valence-electron chi connectivity index (χ0n) is 36.7. The molecule has 17 heteroatoms. The summed E-state index contributed by atoms with van der Waals surface area (Å²) in [6.07, 6.45) is 17.7. The molecule has 66 heavy (non-hydrogen) atoms. The largest absolute Gasteiger partial charge is 0.378 e. The Bertz CT molecular complexity index is 2760. The number of rotatable bonds is 10. The Labute approximate surface area is 381 Å². The number of imide groups is 1. The number of carbonyl (C=O) groups is 2. The van der Waals surface area contributed by atoms with Gasteiger partial charge in [-0.05, 0) is 106 Å². The van der Waals surface area contributed by atoms with E-state index in [0.717, 1.165) is 99.5 Å². The van der Waals surface area contributed by atoms with Crippen molar-refractivity contribution in [2.75, 3.05) is 49.6 Å². The first-order valence-electron chi connectivity index (χ1n) is 23.2. The van der Waals surface area contributed by atoms with Crippen LogP contribution in [0.4, 0.5) is 15.9 Å². The molecule has 4 aliphatic heterocycles. The second-order valence-electron chi connectivity index (χ2n) is 18.5. The second-order valence-corrected chi connectivity index (χ2v) is 18.5. The van der Waals surface area contributed by atoms with E-state index < -0.39 is 6.04 Å². The van der Waals surface area contributed by atoms with Crippen molar-refractivity contribution in [2.45, 2.75) is 94.0 Å². The number of fused-ring (bicyclic) bond motifs is 3. The van der Waals surface area contributed by atoms with Gasteiger partial charge >= 0.3 is 0 Å². The minimum Gasteiger partial charge on any atom is -0.378 e. The molecule has 16 nitrogen and oxygen atoms in total. The van der Waals surface area contributed by atoms with Gasteiger partial charge in [0.15, 0.2) is 0 Å². The highest BCUT2D eigenvalue weighted by atomic mass is 19.1. The Morgan fingerprint density at radius 1 is 0.848 bits per heavy atom. The van der Waals surface area contributed by atoms with Crippen LogP contribution < -0.4 is 15.5 Å². The SMILES string of the molecule is N#Cc1cnn2cc(-c3cnn(C4CCC(N5CCC(c6ccc(NC7CCC(=O)NC7=O)cc6F)CC5)CC4)c3)nc(-c3ccc(N4CC5COCC(C4)N5Cc4ccccn4)nc3)c12. The van der Waals surface area contributed by atoms with Gasteiger partial charge in [0.05, 0.1) is 67.0 Å². The molecule has 4 saturated heterocycles. The molecule has 3 unspecified atom stereocenters. The summed E-state index contributed by atoms with van der Waals surface area (Å²) >= 11 is 0. The van der Waals surface area contributed by atoms with Crippen molar-refractivity contribution in [3.05, 3.63) is 108 Å². The summed E-state index contributed by atoms with van der Waals surface area (Å²) in [5, 5.41) is 24.9. The van der Waals surface area contributed by atoms with E-state index in [4.69, 9.17) is 19.8 Å². The number of benzene rings is 1. The van der Waals surface area contributed by atoms with Gasteiger partial charge in [-0.3, -0.25) is 29.5 Å². The number of nitrogens with zero attached hydrogens (tertiary/aromatic N) is 11. The van der Waals surface area contributed by atoms with Gasteiger partial charge in [-0.15, -0.1) is 0 Å². The lowest BCUT2D eigenvalue weighted by Gasteiger charge is -2.50. The van der Waals surface area contributed by atoms with E-state index in [1.807, 2.05) is 55.1 Å². The number of aromatic nitrogens is 7. The minimum absolute atomic E-state index is 0.146. The quantitative estimate of drug-likeness (QED) is 0.160. The van der Waals surface area contributed by atoms with Crippen LogP contribution in [0.15, 0.2) is 85.7 Å². The number of piperazine rings is 1. The summed E-state index contributed by atoms with van der Waals surface area (Å²) < 4.78 is 25.2. The number of anilines is 2. The summed E-state index contributed by atoms with van der Waals surface area (Å²) in [5.74, 6) is 0.149. The lowest BCUT2D eigenvalue weighted by molar-refractivity contribution is -0.133. The molecular weight excluding hydrogens is 838 g/mol. The van der Waals surface area contributed by atoms with Crippen LogP contribution in [0.2, 0.25) is 0 Å². The molecule has 1 saturated carbocycles. The number of halogens is 1. The minimum atomic E-state index is -0.545. The highest BCUT2D eigenvalue weighted by Crippen LogP contribution is 2.38. The molecule has 11 rings (SSSR count). The summed E-state index contributed by atoms with van der Waals surface area (Å²) in [6.45, 7) is 5.59. The second kappa shape index (κ2) is 18.0. The van der Waals surface area contributed by atoms with E-state index in [0.29, 0.717) is 53.8 Å². The summed E-state index contributed by atoms with van der Waals surface area (Å²) in [7, 11) is 0. The van der Waals surface area contributed by atoms with Gasteiger partial charge in [0.2, 0.25) is 11.8 Å². The molecule has 0 spiro atoms. The summed E-state index contributed by atoms with van der Waals surface area (Å²) in [5.41, 5.74) is 6.47. The Kier molecular flexibility index (Phi) is 11.5. The van der Waals surface area contributed by atoms with Gasteiger partial charge in [0.25, 0.3) is 0 Å². The third kappa shape index (κ3) is 8.40. The maximum atomic E-state index is 15.4. The summed E-state index contributed by atoms with van der Waals surface area (Å²) in [6, 6.07) is 18.3. The van der Waals surface area contributed by atoms with Crippen molar-refractivity contribution in [3.63, 3.8) is 0 Å². The fourth-order valence-electron chi connectivity index (χ4n) is 10.9. The Morgan fingerprint density at radius 3 is 2.39 bits per heavy atom. The molecule has 2 amide bonds. The van der Waals surface area contributed by atoms with Crippen molar-refractivity contribution >= 4 is 28.8 Å². The fourth-order valence-corrected chi connectivity index (χ4v) is 10.9. The van der Waals surface area contributed by atoms with Crippen LogP contribution in [0.5, 0.6) is 0 Å². The number of piperidine rings is 2. The number of morpholine rings is 1. The van der Waals surface area contributed by atoms with Crippen LogP contribution in [0.1, 0.15) is 80.1 Å². The van der Waals surface area contributed by atoms with Crippen LogP contribution >= 0.6 is 0 Å². The van der Waals surface area contributed by atoms with Gasteiger partial charge in [-0.1, -0.05) is 12.1 Å². The number of nitrogens with one attached hydrogen (secondary N) is 2. The number of pyridine rings is 2. The number of ether oxygens (including phenoxy) is 1. The van der Waals surface area contributed by atoms with E-state index >= 15 is 4.39 Å². The first kappa shape index (κ1) is 42.1. The number of carbonyl (C=O) groups excluding carboxylic acids is 2. The molecule has 338 valence electrons. The van der Waals surface area contributed by atoms with Crippen molar-refractivity contribution in [1.82, 2.24) is 49.5 Å². The average molecular weight is 890 g/mol. The van der Waals surface area contributed by atoms with Gasteiger partial charge in [0.1, 0.15) is 34.8 Å². The van der Waals surface area contributed by atoms with Gasteiger partial charge in [-0.2, -0.15) is 15.5 Å². The molecule has 5 aromatic heterocycles. The van der Waals surface area contributed by atoms with E-state index in [9.17, 15) is 14.9 Å². The molecular formula is C49H52FN13O3. The number of hydrogen-bond donors (Lipinski definition) is 2. The van der Waals surface area contributed by atoms with E-state index in [1.54, 1.807) is 10.7 Å². The van der Waals surface area contributed by atoms with E-state index in [1.165, 1.54) is 6.07 Å². The fraction of sp³-hybridized carbons (Fsp3) is 0.429. The average Bonchev–Trinajstić information content (AvgIpc) is 4.01. The molecule has 0 radical (unpaired) electrons. The highest BCUT2D eigenvalue weighted by molar-refractivity contribution is 6.01. The van der Waals surface area contributed by atoms with Crippen LogP contribution in [0, 0.1) is 17.1 Å². The van der Waals surface area contributed by atoms with Crippen molar-refractivity contribution in [1.29, 1.82) is 5.26 Å². The molecule has 5 fully saturated rings. The Hall–Kier alpha value is -6.61. The summed E-state index contributed by atoms with van der Waals surface area (Å²) in [4.78, 5) is 45.8. The van der Waals surface area contributed by atoms with Crippen molar-refractivity contribution in [2.24, 2.45) is 0 Å². The predicted molar refractivity (Wildman–Crippen MR) is 244 cm³/mol. The lowest BCUT2D eigenvalue weighted by atomic mass is 9.85. The number of amides is 2. The smallest absolute Gasteiger partial charge is 0.249 e. The van der Waals surface area contributed by atoms with Gasteiger partial charge in [-0.25, -0.2) is 18.9 Å². The normalized spacial score (nSPS) is 24.3. The Morgan fingerprint density at radius 2 is 1.67 bits per heavy atom. The third-order valence-corrected chi connectivity index (χ3v) is 14.5. The maximum absolute atomic E-state index is 15.4. The van der Waals surface area contributed by atoms with E-state index in [2.05, 4.69) is 64.5 Å². The monoisotopic (exact) mass is 889 g/mol. The van der Waals surface area contributed by atoms with Crippen LogP contribution in [0.3, 0.4) is 0 Å². The van der Waals surface area contributed by atoms with Crippen molar-refractivity contribution < 1.29 is 18.7 Å². The van der Waals surface area contributed by atoms with Gasteiger partial charge in [0, 0.05) is 67.5 Å². The third-order valence-electron chi connectivity index (χ3n) is 14.5. The van der Waals surface area contributed by atoms with Gasteiger partial charge < -0.3 is 19.9 Å². The number of likely N-dealkylation sites (tertiary alicyclic amines) is 1. The molecule has 6 aromatic rings. The van der Waals surface area contributed by atoms with Crippen LogP contribution in [-0.4, -0.2) is 120 Å². The Balaban J connectivity index is 0.722. The first-order valence-corrected chi connectivity index (χ1v) is 23.2. The maximum Gasteiger partial charge on any atom is 0.249 e. The molecule has 1 aromatic carbocycles. The predicted octanol–water partition coefficient (Wildman–Crippen LogP) is 5.73. The zero-order chi connectivity index (χ0) is 44.7. The lowest BCUT2D eigenvalue weighted by Crippen LogP contribution is -2.64. The first-order chi connectivity index (χ1) is 32.3. The molecule has 3 atom stereocenters. The molecule has 1 aliphatic carbocycles. The highest BCUT2D eigenvalue weighted by Gasteiger charge is 2.39. The molecule has 9 heterocycles. The topological polar surface area (TPSA) is 175 Å². The van der Waals surface area contributed by atoms with Crippen molar-refractivity contribution in [3.8, 4) is 28.6 Å². The van der Waals surface area contributed by atoms with Crippen LogP contribution in [-0.2, 0) is 20.9 Å².